The minimum atomic E-state index is -1.30. The molecule has 9 nitrogen and oxygen atoms in total. The number of carboxylic acid groups (broad SMARTS) is 1. The van der Waals surface area contributed by atoms with E-state index in [2.05, 4.69) is 101 Å². The number of aliphatic imine (C=N–C) groups is 1. The molecule has 208 valence electrons. The summed E-state index contributed by atoms with van der Waals surface area (Å²) in [5.74, 6) is 0.824. The first-order valence-electron chi connectivity index (χ1n) is 13.7. The summed E-state index contributed by atoms with van der Waals surface area (Å²) in [5, 5.41) is 12.5. The van der Waals surface area contributed by atoms with Crippen molar-refractivity contribution in [3.05, 3.63) is 28.4 Å². The predicted molar refractivity (Wildman–Crippen MR) is 147 cm³/mol. The molecule has 0 radical (unpaired) electrons. The molecule has 0 aliphatic rings. The number of carbonyl (C=O) groups is 1. The van der Waals surface area contributed by atoms with Crippen LogP contribution in [0.25, 0.3) is 0 Å². The van der Waals surface area contributed by atoms with Crippen molar-refractivity contribution in [2.45, 2.75) is 127 Å². The van der Waals surface area contributed by atoms with Crippen molar-refractivity contribution in [2.75, 3.05) is 6.54 Å². The molecule has 37 heavy (non-hydrogen) atoms. The van der Waals surface area contributed by atoms with Crippen LogP contribution in [-0.4, -0.2) is 37.2 Å². The summed E-state index contributed by atoms with van der Waals surface area (Å²) < 4.78 is 8.64. The second kappa shape index (κ2) is 12.1. The summed E-state index contributed by atoms with van der Waals surface area (Å²) in [4.78, 5) is 23.8. The van der Waals surface area contributed by atoms with Crippen molar-refractivity contribution >= 4 is 18.0 Å². The molecule has 0 atom stereocenters. The van der Waals surface area contributed by atoms with Crippen LogP contribution in [0.1, 0.15) is 122 Å². The van der Waals surface area contributed by atoms with Crippen LogP contribution >= 0.6 is 0 Å². The summed E-state index contributed by atoms with van der Waals surface area (Å²) in [6.45, 7) is 27.6. The Kier molecular flexibility index (Phi) is 9.97. The van der Waals surface area contributed by atoms with E-state index in [0.29, 0.717) is 18.0 Å². The maximum atomic E-state index is 12.5. The lowest BCUT2D eigenvalue weighted by Crippen LogP contribution is -2.47. The Balaban J connectivity index is 3.12. The van der Waals surface area contributed by atoms with E-state index in [1.165, 1.54) is 4.90 Å². The van der Waals surface area contributed by atoms with E-state index in [-0.39, 0.29) is 36.7 Å². The van der Waals surface area contributed by atoms with Crippen LogP contribution in [0.2, 0.25) is 0 Å². The van der Waals surface area contributed by atoms with E-state index in [0.717, 1.165) is 29.2 Å². The molecule has 2 rings (SSSR count). The van der Waals surface area contributed by atoms with Gasteiger partial charge in [0.25, 0.3) is 0 Å². The van der Waals surface area contributed by atoms with Crippen molar-refractivity contribution in [1.82, 2.24) is 18.6 Å². The zero-order valence-electron chi connectivity index (χ0n) is 25.4. The third-order valence-electron chi connectivity index (χ3n) is 7.02. The number of imidazole rings is 2. The van der Waals surface area contributed by atoms with Crippen LogP contribution < -0.4 is 15.3 Å². The molecule has 0 unspecified atom stereocenters. The highest BCUT2D eigenvalue weighted by molar-refractivity contribution is 5.94. The van der Waals surface area contributed by atoms with Gasteiger partial charge in [-0.1, -0.05) is 13.3 Å². The van der Waals surface area contributed by atoms with Crippen LogP contribution in [0.3, 0.4) is 0 Å². The van der Waals surface area contributed by atoms with Gasteiger partial charge in [-0.2, -0.15) is 4.99 Å². The van der Waals surface area contributed by atoms with Gasteiger partial charge in [-0.25, -0.2) is 9.13 Å². The Morgan fingerprint density at radius 1 is 0.865 bits per heavy atom. The Hall–Kier alpha value is -2.84. The normalized spacial score (nSPS) is 12.5. The fraction of sp³-hybridized carbons (Fsp3) is 0.714. The maximum Gasteiger partial charge on any atom is 0.403 e. The van der Waals surface area contributed by atoms with Crippen LogP contribution in [0.4, 0.5) is 10.7 Å². The van der Waals surface area contributed by atoms with Gasteiger partial charge in [-0.3, -0.25) is 4.90 Å². The lowest BCUT2D eigenvalue weighted by Gasteiger charge is -2.22. The minimum Gasteiger partial charge on any atom is -0.529 e. The molecule has 9 heteroatoms. The SMILES string of the molecule is CCCCN(C(=O)[O-])/C(N=c1n(C(C)C)c(C)c(C)n1C(C)C)=N\c1n(C(C)C)c(C)c(C)[n+]1C(C)C. The van der Waals surface area contributed by atoms with E-state index < -0.39 is 6.09 Å². The van der Waals surface area contributed by atoms with Gasteiger partial charge < -0.3 is 19.0 Å². The van der Waals surface area contributed by atoms with E-state index in [4.69, 9.17) is 9.98 Å². The quantitative estimate of drug-likeness (QED) is 0.282. The van der Waals surface area contributed by atoms with Crippen LogP contribution in [0, 0.1) is 27.7 Å². The zero-order valence-corrected chi connectivity index (χ0v) is 25.4. The molecule has 0 saturated heterocycles. The molecule has 0 aromatic carbocycles. The molecule has 1 amide bonds. The molecule has 0 bridgehead atoms. The molecule has 0 spiro atoms. The molecular weight excluding hydrogens is 466 g/mol. The summed E-state index contributed by atoms with van der Waals surface area (Å²) in [6.07, 6.45) is 0.231. The molecule has 0 N–H and O–H groups in total. The number of amides is 1. The average molecular weight is 516 g/mol. The maximum absolute atomic E-state index is 12.5. The Morgan fingerprint density at radius 3 is 1.73 bits per heavy atom. The summed E-state index contributed by atoms with van der Waals surface area (Å²) in [6, 6.07) is 0.538. The van der Waals surface area contributed by atoms with E-state index in [1.807, 2.05) is 6.92 Å². The topological polar surface area (TPSA) is 86.8 Å². The van der Waals surface area contributed by atoms with Crippen LogP contribution in [-0.2, 0) is 0 Å². The first-order chi connectivity index (χ1) is 17.2. The van der Waals surface area contributed by atoms with E-state index in [1.54, 1.807) is 0 Å². The number of guanidine groups is 1. The Morgan fingerprint density at radius 2 is 1.35 bits per heavy atom. The molecule has 0 aliphatic heterocycles. The summed E-state index contributed by atoms with van der Waals surface area (Å²) in [5.41, 5.74) is 5.10. The molecule has 2 aromatic heterocycles. The highest BCUT2D eigenvalue weighted by Crippen LogP contribution is 2.24. The van der Waals surface area contributed by atoms with Crippen LogP contribution in [0.5, 0.6) is 0 Å². The number of unbranched alkanes of at least 4 members (excludes halogenated alkanes) is 1. The van der Waals surface area contributed by atoms with Gasteiger partial charge in [0, 0.05) is 30.0 Å². The van der Waals surface area contributed by atoms with Gasteiger partial charge in [0.2, 0.25) is 5.62 Å². The van der Waals surface area contributed by atoms with Crippen molar-refractivity contribution in [3.63, 3.8) is 0 Å². The van der Waals surface area contributed by atoms with Crippen molar-refractivity contribution in [2.24, 2.45) is 9.98 Å². The number of hydrogen-bond acceptors (Lipinski definition) is 3. The third-order valence-corrected chi connectivity index (χ3v) is 7.02. The number of nitrogens with zero attached hydrogens (tertiary/aromatic N) is 7. The standard InChI is InChI=1S/C28H49N7O2/c1-14-15-16-31(28(36)37)25(29-26-32(17(2)3)21(10)22(11)33(26)18(4)5)30-27-34(19(6)7)23(12)24(13)35(27)20(8)9/h17-20H,14-16H2,1-13H3. The first kappa shape index (κ1) is 30.4. The first-order valence-corrected chi connectivity index (χ1v) is 13.7. The predicted octanol–water partition coefficient (Wildman–Crippen LogP) is 4.97. The molecule has 0 saturated carbocycles. The summed E-state index contributed by atoms with van der Waals surface area (Å²) >= 11 is 0. The van der Waals surface area contributed by atoms with E-state index in [9.17, 15) is 9.90 Å². The number of aromatic nitrogens is 4. The molecule has 0 fully saturated rings. The molecule has 2 aromatic rings. The van der Waals surface area contributed by atoms with Gasteiger partial charge in [-0.05, 0) is 94.5 Å². The Labute approximate surface area is 223 Å². The van der Waals surface area contributed by atoms with E-state index >= 15 is 0 Å². The molecule has 2 heterocycles. The van der Waals surface area contributed by atoms with Crippen molar-refractivity contribution < 1.29 is 14.5 Å². The van der Waals surface area contributed by atoms with Crippen LogP contribution in [0.15, 0.2) is 9.98 Å². The number of rotatable bonds is 8. The van der Waals surface area contributed by atoms with Crippen molar-refractivity contribution in [1.29, 1.82) is 0 Å². The lowest BCUT2D eigenvalue weighted by molar-refractivity contribution is -0.708. The number of carbonyl (C=O) groups excluding carboxylic acids is 1. The van der Waals surface area contributed by atoms with Gasteiger partial charge in [0.05, 0.1) is 12.1 Å². The minimum absolute atomic E-state index is 0.135. The largest absolute Gasteiger partial charge is 0.529 e. The average Bonchev–Trinajstić information content (AvgIpc) is 3.17. The van der Waals surface area contributed by atoms with Gasteiger partial charge in [-0.15, -0.1) is 0 Å². The Bertz CT molecular complexity index is 1140. The van der Waals surface area contributed by atoms with Gasteiger partial charge >= 0.3 is 11.9 Å². The molecule has 0 aliphatic carbocycles. The van der Waals surface area contributed by atoms with Gasteiger partial charge in [0.1, 0.15) is 17.5 Å². The van der Waals surface area contributed by atoms with Gasteiger partial charge in [0.15, 0.2) is 0 Å². The smallest absolute Gasteiger partial charge is 0.403 e. The lowest BCUT2D eigenvalue weighted by atomic mass is 10.3. The second-order valence-corrected chi connectivity index (χ2v) is 11.1. The third kappa shape index (κ3) is 6.02. The fourth-order valence-electron chi connectivity index (χ4n) is 5.13. The number of hydrogen-bond donors (Lipinski definition) is 0. The highest BCUT2D eigenvalue weighted by atomic mass is 16.4. The zero-order chi connectivity index (χ0) is 28.4. The fourth-order valence-corrected chi connectivity index (χ4v) is 5.13. The monoisotopic (exact) mass is 515 g/mol. The highest BCUT2D eigenvalue weighted by Gasteiger charge is 2.31. The van der Waals surface area contributed by atoms with Crippen molar-refractivity contribution in [3.8, 4) is 0 Å². The summed E-state index contributed by atoms with van der Waals surface area (Å²) in [7, 11) is 0. The second-order valence-electron chi connectivity index (χ2n) is 11.1. The molecular formula is C28H49N7O2.